The average molecular weight is 517 g/mol. The van der Waals surface area contributed by atoms with Gasteiger partial charge in [0.05, 0.1) is 16.7 Å². The number of aromatic carboxylic acids is 1. The predicted octanol–water partition coefficient (Wildman–Crippen LogP) is 3.49. The number of hydrogen-bond acceptors (Lipinski definition) is 8. The van der Waals surface area contributed by atoms with Crippen LogP contribution in [0.4, 0.5) is 5.13 Å². The highest BCUT2D eigenvalue weighted by molar-refractivity contribution is 7.89. The molecule has 12 heteroatoms. The largest absolute Gasteiger partial charge is 0.478 e. The monoisotopic (exact) mass is 516 g/mol. The molecule has 3 aromatic rings. The second-order valence-electron chi connectivity index (χ2n) is 8.10. The van der Waals surface area contributed by atoms with Gasteiger partial charge in [-0.3, -0.25) is 10.1 Å². The summed E-state index contributed by atoms with van der Waals surface area (Å²) in [6.07, 6.45) is 5.53. The highest BCUT2D eigenvalue weighted by Crippen LogP contribution is 2.31. The first-order chi connectivity index (χ1) is 16.7. The van der Waals surface area contributed by atoms with Crippen LogP contribution in [0.3, 0.4) is 0 Å². The van der Waals surface area contributed by atoms with E-state index in [-0.39, 0.29) is 22.4 Å². The number of ether oxygens (including phenoxy) is 1. The van der Waals surface area contributed by atoms with Crippen molar-refractivity contribution in [3.63, 3.8) is 0 Å². The molecule has 4 rings (SSSR count). The van der Waals surface area contributed by atoms with Crippen LogP contribution in [0.25, 0.3) is 0 Å². The van der Waals surface area contributed by atoms with Crippen LogP contribution in [0.2, 0.25) is 0 Å². The van der Waals surface area contributed by atoms with Gasteiger partial charge in [-0.25, -0.2) is 23.3 Å². The standard InChI is InChI=1S/C23H24N4O6S2/c24-35(31,32)18-11-7-14(8-12-18)20(26-16-3-1-2-4-16)21(28)27-23-25-13-19(34-23)33-17-9-5-15(6-10-17)22(29)30/h5-13,16,20,26H,1-4H2,(H,29,30)(H2,24,31,32)(H,25,27,28). The predicted molar refractivity (Wildman–Crippen MR) is 130 cm³/mol. The minimum absolute atomic E-state index is 0.0284. The Morgan fingerprint density at radius 2 is 1.74 bits per heavy atom. The number of nitrogens with zero attached hydrogens (tertiary/aromatic N) is 1. The molecule has 1 fully saturated rings. The summed E-state index contributed by atoms with van der Waals surface area (Å²) in [7, 11) is -3.84. The number of carboxylic acids is 1. The molecule has 35 heavy (non-hydrogen) atoms. The fourth-order valence-corrected chi connectivity index (χ4v) is 5.03. The number of thiazole rings is 1. The Bertz CT molecular complexity index is 1300. The molecule has 0 bridgehead atoms. The second kappa shape index (κ2) is 10.5. The topological polar surface area (TPSA) is 161 Å². The molecule has 1 amide bonds. The van der Waals surface area contributed by atoms with E-state index >= 15 is 0 Å². The van der Waals surface area contributed by atoms with Crippen molar-refractivity contribution in [1.82, 2.24) is 10.3 Å². The molecule has 1 saturated carbocycles. The molecule has 2 aromatic carbocycles. The van der Waals surface area contributed by atoms with Gasteiger partial charge in [-0.15, -0.1) is 0 Å². The quantitative estimate of drug-likeness (QED) is 0.336. The van der Waals surface area contributed by atoms with Crippen LogP contribution in [0.15, 0.2) is 59.6 Å². The maximum Gasteiger partial charge on any atom is 0.335 e. The van der Waals surface area contributed by atoms with Gasteiger partial charge >= 0.3 is 5.97 Å². The number of amides is 1. The zero-order valence-electron chi connectivity index (χ0n) is 18.5. The number of anilines is 1. The summed E-state index contributed by atoms with van der Waals surface area (Å²) in [6, 6.07) is 11.3. The van der Waals surface area contributed by atoms with Crippen LogP contribution in [0, 0.1) is 0 Å². The molecule has 0 spiro atoms. The lowest BCUT2D eigenvalue weighted by atomic mass is 10.0. The van der Waals surface area contributed by atoms with Crippen LogP contribution < -0.4 is 20.5 Å². The zero-order chi connectivity index (χ0) is 25.0. The Kier molecular flexibility index (Phi) is 7.45. The minimum atomic E-state index is -3.84. The number of sulfonamides is 1. The summed E-state index contributed by atoms with van der Waals surface area (Å²) in [5.41, 5.74) is 0.751. The van der Waals surface area contributed by atoms with E-state index in [0.717, 1.165) is 37.0 Å². The van der Waals surface area contributed by atoms with Crippen molar-refractivity contribution in [2.75, 3.05) is 5.32 Å². The molecular weight excluding hydrogens is 492 g/mol. The molecule has 1 unspecified atom stereocenters. The van der Waals surface area contributed by atoms with E-state index in [0.29, 0.717) is 21.5 Å². The third-order valence-electron chi connectivity index (χ3n) is 5.60. The highest BCUT2D eigenvalue weighted by Gasteiger charge is 2.27. The van der Waals surface area contributed by atoms with E-state index in [9.17, 15) is 18.0 Å². The van der Waals surface area contributed by atoms with E-state index in [4.69, 9.17) is 15.0 Å². The van der Waals surface area contributed by atoms with Gasteiger partial charge in [0.25, 0.3) is 0 Å². The van der Waals surface area contributed by atoms with Crippen molar-refractivity contribution in [3.05, 3.63) is 65.9 Å². The van der Waals surface area contributed by atoms with E-state index in [1.807, 2.05) is 0 Å². The summed E-state index contributed by atoms with van der Waals surface area (Å²) in [4.78, 5) is 28.4. The lowest BCUT2D eigenvalue weighted by Gasteiger charge is -2.22. The number of hydrogen-bond donors (Lipinski definition) is 4. The normalized spacial score (nSPS) is 15.0. The van der Waals surface area contributed by atoms with Crippen LogP contribution >= 0.6 is 11.3 Å². The van der Waals surface area contributed by atoms with Gasteiger partial charge in [-0.05, 0) is 54.8 Å². The second-order valence-corrected chi connectivity index (χ2v) is 10.7. The van der Waals surface area contributed by atoms with Crippen molar-refractivity contribution in [1.29, 1.82) is 0 Å². The number of carboxylic acid groups (broad SMARTS) is 1. The Morgan fingerprint density at radius 3 is 2.34 bits per heavy atom. The van der Waals surface area contributed by atoms with E-state index in [1.54, 1.807) is 12.1 Å². The molecular formula is C23H24N4O6S2. The number of carbonyl (C=O) groups is 2. The van der Waals surface area contributed by atoms with Gasteiger partial charge in [0.2, 0.25) is 21.0 Å². The molecule has 184 valence electrons. The number of carbonyl (C=O) groups excluding carboxylic acids is 1. The Balaban J connectivity index is 1.47. The van der Waals surface area contributed by atoms with Gasteiger partial charge in [-0.2, -0.15) is 0 Å². The van der Waals surface area contributed by atoms with Crippen LogP contribution in [0.5, 0.6) is 10.8 Å². The number of primary sulfonamides is 1. The van der Waals surface area contributed by atoms with Crippen LogP contribution in [-0.2, 0) is 14.8 Å². The third-order valence-corrected chi connectivity index (χ3v) is 7.32. The minimum Gasteiger partial charge on any atom is -0.478 e. The lowest BCUT2D eigenvalue weighted by Crippen LogP contribution is -2.38. The van der Waals surface area contributed by atoms with Gasteiger partial charge in [0, 0.05) is 6.04 Å². The molecule has 0 saturated heterocycles. The molecule has 0 radical (unpaired) electrons. The smallest absolute Gasteiger partial charge is 0.335 e. The van der Waals surface area contributed by atoms with Crippen LogP contribution in [-0.4, -0.2) is 36.4 Å². The van der Waals surface area contributed by atoms with Crippen molar-refractivity contribution < 1.29 is 27.9 Å². The van der Waals surface area contributed by atoms with Crippen molar-refractivity contribution in [2.45, 2.75) is 42.7 Å². The van der Waals surface area contributed by atoms with E-state index in [2.05, 4.69) is 15.6 Å². The Hall–Kier alpha value is -3.32. The third kappa shape index (κ3) is 6.42. The highest BCUT2D eigenvalue weighted by atomic mass is 32.2. The maximum absolute atomic E-state index is 13.2. The van der Waals surface area contributed by atoms with Gasteiger partial charge in [0.1, 0.15) is 11.8 Å². The van der Waals surface area contributed by atoms with Gasteiger partial charge in [0.15, 0.2) is 5.13 Å². The molecule has 1 atom stereocenters. The van der Waals surface area contributed by atoms with Crippen molar-refractivity contribution in [3.8, 4) is 10.8 Å². The molecule has 5 N–H and O–H groups in total. The van der Waals surface area contributed by atoms with Crippen LogP contribution in [0.1, 0.15) is 47.6 Å². The fraction of sp³-hybridized carbons (Fsp3) is 0.261. The number of aromatic nitrogens is 1. The molecule has 1 aromatic heterocycles. The number of nitrogens with two attached hydrogens (primary N) is 1. The van der Waals surface area contributed by atoms with Gasteiger partial charge < -0.3 is 15.2 Å². The van der Waals surface area contributed by atoms with E-state index < -0.39 is 22.0 Å². The summed E-state index contributed by atoms with van der Waals surface area (Å²) in [5, 5.41) is 21.1. The molecule has 1 aliphatic rings. The average Bonchev–Trinajstić information content (AvgIpc) is 3.49. The molecule has 10 nitrogen and oxygen atoms in total. The van der Waals surface area contributed by atoms with E-state index in [1.165, 1.54) is 42.6 Å². The first-order valence-corrected chi connectivity index (χ1v) is 13.2. The number of rotatable bonds is 9. The number of benzene rings is 2. The summed E-state index contributed by atoms with van der Waals surface area (Å²) in [6.45, 7) is 0. The molecule has 0 aliphatic heterocycles. The lowest BCUT2D eigenvalue weighted by molar-refractivity contribution is -0.118. The maximum atomic E-state index is 13.2. The Morgan fingerprint density at radius 1 is 1.09 bits per heavy atom. The SMILES string of the molecule is NS(=O)(=O)c1ccc(C(NC2CCCC2)C(=O)Nc2ncc(Oc3ccc(C(=O)O)cc3)s2)cc1. The summed E-state index contributed by atoms with van der Waals surface area (Å²) < 4.78 is 28.9. The number of nitrogens with one attached hydrogen (secondary N) is 2. The van der Waals surface area contributed by atoms with Crippen molar-refractivity contribution in [2.24, 2.45) is 5.14 Å². The van der Waals surface area contributed by atoms with Gasteiger partial charge in [-0.1, -0.05) is 36.3 Å². The zero-order valence-corrected chi connectivity index (χ0v) is 20.1. The Labute approximate surface area is 206 Å². The molecule has 1 heterocycles. The fourth-order valence-electron chi connectivity index (χ4n) is 3.82. The summed E-state index contributed by atoms with van der Waals surface area (Å²) >= 11 is 1.12. The summed E-state index contributed by atoms with van der Waals surface area (Å²) in [5.74, 6) is -0.932. The first kappa shape index (κ1) is 24.8. The first-order valence-electron chi connectivity index (χ1n) is 10.9. The van der Waals surface area contributed by atoms with Crippen molar-refractivity contribution >= 4 is 38.4 Å². The molecule has 1 aliphatic carbocycles.